The Hall–Kier alpha value is -3.18. The summed E-state index contributed by atoms with van der Waals surface area (Å²) in [5, 5.41) is 7.70. The van der Waals surface area contributed by atoms with E-state index in [2.05, 4.69) is 94.6 Å². The van der Waals surface area contributed by atoms with E-state index < -0.39 is 0 Å². The van der Waals surface area contributed by atoms with E-state index in [1.807, 2.05) is 0 Å². The number of fused-ring (bicyclic) bond motifs is 1. The van der Waals surface area contributed by atoms with E-state index in [0.29, 0.717) is 0 Å². The predicted octanol–water partition coefficient (Wildman–Crippen LogP) is 4.35. The van der Waals surface area contributed by atoms with E-state index in [-0.39, 0.29) is 0 Å². The highest BCUT2D eigenvalue weighted by molar-refractivity contribution is 5.91. The summed E-state index contributed by atoms with van der Waals surface area (Å²) in [7, 11) is 2.18. The van der Waals surface area contributed by atoms with Crippen molar-refractivity contribution in [2.75, 3.05) is 38.1 Å². The molecule has 2 aromatic carbocycles. The number of likely N-dealkylation sites (N-methyl/N-ethyl adjacent to an activating group) is 1. The molecule has 1 N–H and O–H groups in total. The van der Waals surface area contributed by atoms with E-state index in [1.165, 1.54) is 11.3 Å². The first-order valence-electron chi connectivity index (χ1n) is 10.1. The number of nitrogens with one attached hydrogen (secondary N) is 1. The molecule has 0 spiro atoms. The molecular weight excluding hydrogens is 358 g/mol. The van der Waals surface area contributed by atoms with E-state index in [1.54, 1.807) is 0 Å². The molecule has 3 heterocycles. The standard InChI is InChI=1S/C24H25N5/c1-17-5-3-4-6-20(17)21-11-12-22-24(25-21)23(27-26-22)18-7-9-19(10-8-18)29-15-13-28(2)14-16-29/h3-12H,13-16H2,1-2H3,(H,26,27). The molecule has 0 amide bonds. The molecule has 146 valence electrons. The molecule has 1 aliphatic heterocycles. The van der Waals surface area contributed by atoms with E-state index in [4.69, 9.17) is 4.98 Å². The fraction of sp³-hybridized carbons (Fsp3) is 0.250. The Kier molecular flexibility index (Phi) is 4.52. The molecule has 0 bridgehead atoms. The Morgan fingerprint density at radius 2 is 1.62 bits per heavy atom. The highest BCUT2D eigenvalue weighted by atomic mass is 15.2. The number of aromatic amines is 1. The Morgan fingerprint density at radius 3 is 2.38 bits per heavy atom. The van der Waals surface area contributed by atoms with Gasteiger partial charge in [0.25, 0.3) is 0 Å². The zero-order chi connectivity index (χ0) is 19.8. The van der Waals surface area contributed by atoms with Crippen LogP contribution in [-0.4, -0.2) is 53.3 Å². The lowest BCUT2D eigenvalue weighted by molar-refractivity contribution is 0.313. The fourth-order valence-corrected chi connectivity index (χ4v) is 4.01. The van der Waals surface area contributed by atoms with Crippen LogP contribution in [0.4, 0.5) is 5.69 Å². The second-order valence-electron chi connectivity index (χ2n) is 7.82. The zero-order valence-corrected chi connectivity index (χ0v) is 16.9. The van der Waals surface area contributed by atoms with Gasteiger partial charge in [-0.15, -0.1) is 0 Å². The van der Waals surface area contributed by atoms with Crippen LogP contribution in [0, 0.1) is 6.92 Å². The van der Waals surface area contributed by atoms with Crippen molar-refractivity contribution in [1.29, 1.82) is 0 Å². The summed E-state index contributed by atoms with van der Waals surface area (Å²) in [6.45, 7) is 6.48. The van der Waals surface area contributed by atoms with Crippen LogP contribution < -0.4 is 4.90 Å². The maximum absolute atomic E-state index is 4.95. The van der Waals surface area contributed by atoms with Crippen LogP contribution in [0.25, 0.3) is 33.5 Å². The molecule has 0 atom stereocenters. The number of aromatic nitrogens is 3. The lowest BCUT2D eigenvalue weighted by Gasteiger charge is -2.34. The highest BCUT2D eigenvalue weighted by Crippen LogP contribution is 2.30. The van der Waals surface area contributed by atoms with Gasteiger partial charge in [0.05, 0.1) is 11.2 Å². The maximum Gasteiger partial charge on any atom is 0.118 e. The molecule has 0 saturated carbocycles. The van der Waals surface area contributed by atoms with Crippen LogP contribution in [0.5, 0.6) is 0 Å². The van der Waals surface area contributed by atoms with Gasteiger partial charge < -0.3 is 9.80 Å². The second kappa shape index (κ2) is 7.33. The predicted molar refractivity (Wildman–Crippen MR) is 119 cm³/mol. The maximum atomic E-state index is 4.95. The third-order valence-electron chi connectivity index (χ3n) is 5.84. The van der Waals surface area contributed by atoms with Crippen molar-refractivity contribution in [2.45, 2.75) is 6.92 Å². The number of anilines is 1. The average molecular weight is 383 g/mol. The van der Waals surface area contributed by atoms with Crippen molar-refractivity contribution in [2.24, 2.45) is 0 Å². The van der Waals surface area contributed by atoms with Gasteiger partial charge in [0.1, 0.15) is 11.2 Å². The third kappa shape index (κ3) is 3.38. The van der Waals surface area contributed by atoms with E-state index >= 15 is 0 Å². The molecule has 2 aromatic heterocycles. The number of nitrogens with zero attached hydrogens (tertiary/aromatic N) is 4. The number of H-pyrrole nitrogens is 1. The van der Waals surface area contributed by atoms with Gasteiger partial charge in [0.2, 0.25) is 0 Å². The molecule has 29 heavy (non-hydrogen) atoms. The molecule has 5 heteroatoms. The normalized spacial score (nSPS) is 15.2. The molecule has 0 aliphatic carbocycles. The topological polar surface area (TPSA) is 48.1 Å². The molecule has 4 aromatic rings. The number of rotatable bonds is 3. The van der Waals surface area contributed by atoms with E-state index in [0.717, 1.165) is 59.7 Å². The number of aryl methyl sites for hydroxylation is 1. The Balaban J connectivity index is 1.49. The Labute approximate surface area is 171 Å². The van der Waals surface area contributed by atoms with Crippen molar-refractivity contribution >= 4 is 16.7 Å². The molecule has 1 saturated heterocycles. The van der Waals surface area contributed by atoms with Gasteiger partial charge in [-0.25, -0.2) is 4.98 Å². The summed E-state index contributed by atoms with van der Waals surface area (Å²) in [4.78, 5) is 9.77. The third-order valence-corrected chi connectivity index (χ3v) is 5.84. The number of benzene rings is 2. The van der Waals surface area contributed by atoms with Crippen LogP contribution in [0.2, 0.25) is 0 Å². The fourth-order valence-electron chi connectivity index (χ4n) is 4.01. The molecule has 5 rings (SSSR count). The minimum atomic E-state index is 0.903. The largest absolute Gasteiger partial charge is 0.369 e. The highest BCUT2D eigenvalue weighted by Gasteiger charge is 2.16. The minimum Gasteiger partial charge on any atom is -0.369 e. The van der Waals surface area contributed by atoms with Crippen LogP contribution in [0.3, 0.4) is 0 Å². The molecule has 1 fully saturated rings. The van der Waals surface area contributed by atoms with Crippen molar-refractivity contribution in [3.8, 4) is 22.5 Å². The van der Waals surface area contributed by atoms with Crippen LogP contribution >= 0.6 is 0 Å². The lowest BCUT2D eigenvalue weighted by Crippen LogP contribution is -2.44. The first kappa shape index (κ1) is 17.9. The van der Waals surface area contributed by atoms with Crippen LogP contribution in [0.1, 0.15) is 5.56 Å². The smallest absolute Gasteiger partial charge is 0.118 e. The molecule has 0 unspecified atom stereocenters. The van der Waals surface area contributed by atoms with Gasteiger partial charge in [0.15, 0.2) is 0 Å². The van der Waals surface area contributed by atoms with Crippen molar-refractivity contribution in [1.82, 2.24) is 20.1 Å². The number of hydrogen-bond donors (Lipinski definition) is 1. The van der Waals surface area contributed by atoms with Gasteiger partial charge in [-0.3, -0.25) is 5.10 Å². The van der Waals surface area contributed by atoms with Crippen molar-refractivity contribution in [3.63, 3.8) is 0 Å². The summed E-state index contributed by atoms with van der Waals surface area (Å²) in [6, 6.07) is 21.2. The number of hydrogen-bond acceptors (Lipinski definition) is 4. The molecular formula is C24H25N5. The zero-order valence-electron chi connectivity index (χ0n) is 16.9. The van der Waals surface area contributed by atoms with E-state index in [9.17, 15) is 0 Å². The summed E-state index contributed by atoms with van der Waals surface area (Å²) >= 11 is 0. The molecule has 5 nitrogen and oxygen atoms in total. The van der Waals surface area contributed by atoms with Crippen molar-refractivity contribution < 1.29 is 0 Å². The Morgan fingerprint density at radius 1 is 0.862 bits per heavy atom. The number of pyridine rings is 1. The van der Waals surface area contributed by atoms with Crippen molar-refractivity contribution in [3.05, 3.63) is 66.2 Å². The van der Waals surface area contributed by atoms with Gasteiger partial charge in [0, 0.05) is 43.0 Å². The average Bonchev–Trinajstić information content (AvgIpc) is 3.18. The Bertz CT molecular complexity index is 1140. The SMILES string of the molecule is Cc1ccccc1-c1ccc2[nH]nc(-c3ccc(N4CCN(C)CC4)cc3)c2n1. The van der Waals surface area contributed by atoms with Crippen LogP contribution in [-0.2, 0) is 0 Å². The van der Waals surface area contributed by atoms with Gasteiger partial charge >= 0.3 is 0 Å². The molecule has 0 radical (unpaired) electrons. The van der Waals surface area contributed by atoms with Gasteiger partial charge in [-0.1, -0.05) is 36.4 Å². The summed E-state index contributed by atoms with van der Waals surface area (Å²) < 4.78 is 0. The number of piperazine rings is 1. The summed E-state index contributed by atoms with van der Waals surface area (Å²) in [5.74, 6) is 0. The quantitative estimate of drug-likeness (QED) is 0.571. The van der Waals surface area contributed by atoms with Gasteiger partial charge in [-0.2, -0.15) is 5.10 Å². The summed E-state index contributed by atoms with van der Waals surface area (Å²) in [5.41, 5.74) is 8.50. The lowest BCUT2D eigenvalue weighted by atomic mass is 10.0. The first-order chi connectivity index (χ1) is 14.2. The second-order valence-corrected chi connectivity index (χ2v) is 7.82. The monoisotopic (exact) mass is 383 g/mol. The first-order valence-corrected chi connectivity index (χ1v) is 10.1. The molecule has 1 aliphatic rings. The summed E-state index contributed by atoms with van der Waals surface area (Å²) in [6.07, 6.45) is 0. The van der Waals surface area contributed by atoms with Crippen LogP contribution in [0.15, 0.2) is 60.7 Å². The minimum absolute atomic E-state index is 0.903. The van der Waals surface area contributed by atoms with Gasteiger partial charge in [-0.05, 0) is 43.8 Å².